The van der Waals surface area contributed by atoms with E-state index in [-0.39, 0.29) is 23.2 Å². The Labute approximate surface area is 158 Å². The molecule has 2 aromatic carbocycles. The standard InChI is InChI=1S/C22H25F3O2/c1-3-15-8-11-20(22(25)21(15)24)27-13-14-4-6-16(7-5-14)17-9-10-19(26-2)18(23)12-17/h8-12,14,16H,3-7,13H2,1-2H3. The average molecular weight is 378 g/mol. The number of methoxy groups -OCH3 is 1. The van der Waals surface area contributed by atoms with E-state index in [1.54, 1.807) is 25.1 Å². The third-order valence-corrected chi connectivity index (χ3v) is 5.48. The van der Waals surface area contributed by atoms with Crippen LogP contribution in [0.4, 0.5) is 13.2 Å². The van der Waals surface area contributed by atoms with E-state index in [0.717, 1.165) is 31.2 Å². The van der Waals surface area contributed by atoms with E-state index in [1.165, 1.54) is 13.2 Å². The zero-order valence-corrected chi connectivity index (χ0v) is 15.7. The molecule has 3 rings (SSSR count). The first kappa shape index (κ1) is 19.6. The maximum absolute atomic E-state index is 14.0. The second kappa shape index (κ2) is 8.68. The molecular formula is C22H25F3O2. The van der Waals surface area contributed by atoms with Gasteiger partial charge in [0.15, 0.2) is 23.1 Å². The number of aryl methyl sites for hydroxylation is 1. The van der Waals surface area contributed by atoms with E-state index in [2.05, 4.69) is 0 Å². The molecule has 5 heteroatoms. The molecule has 0 heterocycles. The third kappa shape index (κ3) is 4.40. The SMILES string of the molecule is CCc1ccc(OCC2CCC(c3ccc(OC)c(F)c3)CC2)c(F)c1F. The molecule has 0 unspecified atom stereocenters. The van der Waals surface area contributed by atoms with Crippen molar-refractivity contribution in [1.82, 2.24) is 0 Å². The number of hydrogen-bond acceptors (Lipinski definition) is 2. The summed E-state index contributed by atoms with van der Waals surface area (Å²) in [6.07, 6.45) is 4.11. The minimum atomic E-state index is -0.906. The lowest BCUT2D eigenvalue weighted by Crippen LogP contribution is -2.19. The van der Waals surface area contributed by atoms with Crippen LogP contribution < -0.4 is 9.47 Å². The van der Waals surface area contributed by atoms with Crippen LogP contribution in [0.2, 0.25) is 0 Å². The molecule has 0 aliphatic heterocycles. The van der Waals surface area contributed by atoms with Crippen LogP contribution >= 0.6 is 0 Å². The fourth-order valence-electron chi connectivity index (χ4n) is 3.76. The molecule has 27 heavy (non-hydrogen) atoms. The molecule has 2 nitrogen and oxygen atoms in total. The summed E-state index contributed by atoms with van der Waals surface area (Å²) in [6, 6.07) is 8.20. The molecule has 0 N–H and O–H groups in total. The van der Waals surface area contributed by atoms with Gasteiger partial charge in [-0.3, -0.25) is 0 Å². The molecule has 0 radical (unpaired) electrons. The Morgan fingerprint density at radius 1 is 0.926 bits per heavy atom. The van der Waals surface area contributed by atoms with E-state index < -0.39 is 11.6 Å². The molecular weight excluding hydrogens is 353 g/mol. The third-order valence-electron chi connectivity index (χ3n) is 5.48. The minimum Gasteiger partial charge on any atom is -0.494 e. The summed E-state index contributed by atoms with van der Waals surface area (Å²) in [5, 5.41) is 0. The Balaban J connectivity index is 1.54. The van der Waals surface area contributed by atoms with Crippen LogP contribution in [0, 0.1) is 23.4 Å². The lowest BCUT2D eigenvalue weighted by Gasteiger charge is -2.29. The molecule has 2 aromatic rings. The minimum absolute atomic E-state index is 0.0240. The van der Waals surface area contributed by atoms with Crippen molar-refractivity contribution in [1.29, 1.82) is 0 Å². The van der Waals surface area contributed by atoms with Crippen LogP contribution in [-0.4, -0.2) is 13.7 Å². The number of hydrogen-bond donors (Lipinski definition) is 0. The molecule has 1 fully saturated rings. The van der Waals surface area contributed by atoms with E-state index >= 15 is 0 Å². The second-order valence-electron chi connectivity index (χ2n) is 7.13. The predicted octanol–water partition coefficient (Wildman–Crippen LogP) is 6.03. The highest BCUT2D eigenvalue weighted by Crippen LogP contribution is 2.37. The smallest absolute Gasteiger partial charge is 0.200 e. The Morgan fingerprint density at radius 2 is 1.63 bits per heavy atom. The number of ether oxygens (including phenoxy) is 2. The summed E-state index contributed by atoms with van der Waals surface area (Å²) >= 11 is 0. The summed E-state index contributed by atoms with van der Waals surface area (Å²) < 4.78 is 52.3. The normalized spacial score (nSPS) is 19.7. The topological polar surface area (TPSA) is 18.5 Å². The first-order valence-electron chi connectivity index (χ1n) is 9.46. The molecule has 1 aliphatic rings. The van der Waals surface area contributed by atoms with Crippen molar-refractivity contribution in [2.24, 2.45) is 5.92 Å². The van der Waals surface area contributed by atoms with Gasteiger partial charge in [-0.2, -0.15) is 4.39 Å². The maximum Gasteiger partial charge on any atom is 0.200 e. The van der Waals surface area contributed by atoms with Crippen LogP contribution in [0.3, 0.4) is 0 Å². The van der Waals surface area contributed by atoms with Gasteiger partial charge in [0.25, 0.3) is 0 Å². The summed E-state index contributed by atoms with van der Waals surface area (Å²) in [4.78, 5) is 0. The van der Waals surface area contributed by atoms with Gasteiger partial charge in [-0.1, -0.05) is 19.1 Å². The van der Waals surface area contributed by atoms with Crippen LogP contribution in [0.15, 0.2) is 30.3 Å². The monoisotopic (exact) mass is 378 g/mol. The van der Waals surface area contributed by atoms with Crippen molar-refractivity contribution in [3.05, 3.63) is 58.9 Å². The lowest BCUT2D eigenvalue weighted by molar-refractivity contribution is 0.192. The highest BCUT2D eigenvalue weighted by atomic mass is 19.2. The molecule has 1 aliphatic carbocycles. The van der Waals surface area contributed by atoms with Gasteiger partial charge in [0, 0.05) is 0 Å². The quantitative estimate of drug-likeness (QED) is 0.611. The summed E-state index contributed by atoms with van der Waals surface area (Å²) in [7, 11) is 1.45. The molecule has 0 spiro atoms. The van der Waals surface area contributed by atoms with Crippen LogP contribution in [-0.2, 0) is 6.42 Å². The van der Waals surface area contributed by atoms with Crippen molar-refractivity contribution in [3.8, 4) is 11.5 Å². The Bertz CT molecular complexity index is 783. The number of halogens is 3. The van der Waals surface area contributed by atoms with Gasteiger partial charge in [-0.05, 0) is 73.3 Å². The zero-order chi connectivity index (χ0) is 19.4. The average Bonchev–Trinajstić information content (AvgIpc) is 2.69. The molecule has 0 bridgehead atoms. The summed E-state index contributed by atoms with van der Waals surface area (Å²) in [5.41, 5.74) is 1.34. The van der Waals surface area contributed by atoms with Crippen LogP contribution in [0.1, 0.15) is 49.7 Å². The van der Waals surface area contributed by atoms with Crippen molar-refractivity contribution >= 4 is 0 Å². The predicted molar refractivity (Wildman–Crippen MR) is 98.9 cm³/mol. The van der Waals surface area contributed by atoms with Crippen LogP contribution in [0.5, 0.6) is 11.5 Å². The second-order valence-corrected chi connectivity index (χ2v) is 7.13. The highest BCUT2D eigenvalue weighted by molar-refractivity contribution is 5.32. The fourth-order valence-corrected chi connectivity index (χ4v) is 3.76. The molecule has 0 aromatic heterocycles. The highest BCUT2D eigenvalue weighted by Gasteiger charge is 2.24. The lowest BCUT2D eigenvalue weighted by atomic mass is 9.79. The van der Waals surface area contributed by atoms with E-state index in [1.807, 2.05) is 6.07 Å². The Hall–Kier alpha value is -2.17. The Kier molecular flexibility index (Phi) is 6.30. The van der Waals surface area contributed by atoms with Gasteiger partial charge in [0.2, 0.25) is 5.82 Å². The van der Waals surface area contributed by atoms with Crippen molar-refractivity contribution in [3.63, 3.8) is 0 Å². The van der Waals surface area contributed by atoms with Gasteiger partial charge < -0.3 is 9.47 Å². The largest absolute Gasteiger partial charge is 0.494 e. The summed E-state index contributed by atoms with van der Waals surface area (Å²) in [5.74, 6) is -1.24. The number of benzene rings is 2. The first-order chi connectivity index (χ1) is 13.0. The van der Waals surface area contributed by atoms with Gasteiger partial charge in [0.05, 0.1) is 13.7 Å². The maximum atomic E-state index is 14.0. The van der Waals surface area contributed by atoms with Crippen LogP contribution in [0.25, 0.3) is 0 Å². The fraction of sp³-hybridized carbons (Fsp3) is 0.455. The molecule has 1 saturated carbocycles. The molecule has 0 saturated heterocycles. The van der Waals surface area contributed by atoms with Gasteiger partial charge in [-0.15, -0.1) is 0 Å². The first-order valence-corrected chi connectivity index (χ1v) is 9.46. The van der Waals surface area contributed by atoms with Gasteiger partial charge >= 0.3 is 0 Å². The molecule has 0 atom stereocenters. The van der Waals surface area contributed by atoms with Crippen molar-refractivity contribution < 1.29 is 22.6 Å². The molecule has 0 amide bonds. The van der Waals surface area contributed by atoms with E-state index in [9.17, 15) is 13.2 Å². The van der Waals surface area contributed by atoms with E-state index in [4.69, 9.17) is 9.47 Å². The molecule has 146 valence electrons. The number of rotatable bonds is 6. The zero-order valence-electron chi connectivity index (χ0n) is 15.7. The Morgan fingerprint density at radius 3 is 2.26 bits per heavy atom. The van der Waals surface area contributed by atoms with E-state index in [0.29, 0.717) is 24.5 Å². The van der Waals surface area contributed by atoms with Gasteiger partial charge in [-0.25, -0.2) is 8.78 Å². The van der Waals surface area contributed by atoms with Crippen molar-refractivity contribution in [2.75, 3.05) is 13.7 Å². The summed E-state index contributed by atoms with van der Waals surface area (Å²) in [6.45, 7) is 2.15. The van der Waals surface area contributed by atoms with Crippen molar-refractivity contribution in [2.45, 2.75) is 44.9 Å². The van der Waals surface area contributed by atoms with Gasteiger partial charge in [0.1, 0.15) is 0 Å².